The fourth-order valence-electron chi connectivity index (χ4n) is 3.90. The van der Waals surface area contributed by atoms with Gasteiger partial charge in [0.1, 0.15) is 11.6 Å². The second-order valence-electron chi connectivity index (χ2n) is 7.40. The molecule has 0 radical (unpaired) electrons. The third kappa shape index (κ3) is 3.58. The van der Waals surface area contributed by atoms with Gasteiger partial charge in [0.25, 0.3) is 0 Å². The second kappa shape index (κ2) is 7.62. The molecule has 0 saturated carbocycles. The van der Waals surface area contributed by atoms with Crippen LogP contribution in [-0.2, 0) is 9.59 Å². The molecule has 2 aromatic carbocycles. The van der Waals surface area contributed by atoms with Crippen molar-refractivity contribution < 1.29 is 23.5 Å². The van der Waals surface area contributed by atoms with Gasteiger partial charge in [-0.15, -0.1) is 0 Å². The second-order valence-corrected chi connectivity index (χ2v) is 7.40. The summed E-state index contributed by atoms with van der Waals surface area (Å²) in [5.41, 5.74) is 1.79. The first-order valence-electron chi connectivity index (χ1n) is 9.49. The molecule has 2 amide bonds. The zero-order chi connectivity index (χ0) is 20.5. The van der Waals surface area contributed by atoms with Crippen molar-refractivity contribution in [3.63, 3.8) is 0 Å². The Balaban J connectivity index is 1.54. The van der Waals surface area contributed by atoms with Crippen LogP contribution in [0.25, 0.3) is 0 Å². The molecule has 4 rings (SSSR count). The Bertz CT molecular complexity index is 1010. The van der Waals surface area contributed by atoms with Crippen molar-refractivity contribution in [3.8, 4) is 5.75 Å². The molecule has 0 spiro atoms. The van der Waals surface area contributed by atoms with E-state index in [-0.39, 0.29) is 41.8 Å². The van der Waals surface area contributed by atoms with Crippen molar-refractivity contribution in [2.24, 2.45) is 11.8 Å². The van der Waals surface area contributed by atoms with Crippen molar-refractivity contribution in [2.45, 2.75) is 19.8 Å². The van der Waals surface area contributed by atoms with Gasteiger partial charge < -0.3 is 4.74 Å². The molecule has 2 aromatic rings. The van der Waals surface area contributed by atoms with E-state index >= 15 is 0 Å². The number of Topliss-reactive ketones (excluding diaryl/α,β-unsaturated/α-hetero) is 1. The van der Waals surface area contributed by atoms with Crippen molar-refractivity contribution in [2.75, 3.05) is 11.5 Å². The summed E-state index contributed by atoms with van der Waals surface area (Å²) in [6.07, 6.45) is 3.15. The first-order valence-corrected chi connectivity index (χ1v) is 9.49. The summed E-state index contributed by atoms with van der Waals surface area (Å²) in [7, 11) is 0. The molecule has 6 heteroatoms. The first-order chi connectivity index (χ1) is 14.0. The van der Waals surface area contributed by atoms with Crippen LogP contribution >= 0.6 is 0 Å². The molecule has 5 nitrogen and oxygen atoms in total. The molecule has 1 fully saturated rings. The number of anilines is 1. The van der Waals surface area contributed by atoms with Crippen molar-refractivity contribution in [3.05, 3.63) is 71.6 Å². The number of imide groups is 1. The van der Waals surface area contributed by atoms with E-state index in [1.807, 2.05) is 13.0 Å². The molecular formula is C23H20FNO4. The summed E-state index contributed by atoms with van der Waals surface area (Å²) in [5, 5.41) is 0. The number of hydrogen-bond acceptors (Lipinski definition) is 4. The van der Waals surface area contributed by atoms with E-state index in [0.29, 0.717) is 24.1 Å². The number of carbonyl (C=O) groups excluding carboxylic acids is 3. The third-order valence-corrected chi connectivity index (χ3v) is 5.45. The number of carbonyl (C=O) groups is 3. The van der Waals surface area contributed by atoms with Crippen molar-refractivity contribution in [1.29, 1.82) is 0 Å². The molecule has 0 bridgehead atoms. The molecule has 1 saturated heterocycles. The minimum Gasteiger partial charge on any atom is -0.483 e. The first kappa shape index (κ1) is 19.1. The zero-order valence-corrected chi connectivity index (χ0v) is 15.9. The van der Waals surface area contributed by atoms with Crippen molar-refractivity contribution in [1.82, 2.24) is 0 Å². The number of allylic oxidation sites excluding steroid dienone is 2. The Labute approximate surface area is 167 Å². The van der Waals surface area contributed by atoms with Gasteiger partial charge >= 0.3 is 0 Å². The van der Waals surface area contributed by atoms with Crippen LogP contribution in [0.4, 0.5) is 10.1 Å². The highest BCUT2D eigenvalue weighted by molar-refractivity contribution is 6.23. The number of halogens is 1. The molecule has 0 unspecified atom stereocenters. The van der Waals surface area contributed by atoms with Gasteiger partial charge in [-0.25, -0.2) is 9.29 Å². The monoisotopic (exact) mass is 393 g/mol. The molecule has 2 aliphatic rings. The van der Waals surface area contributed by atoms with E-state index in [0.717, 1.165) is 5.57 Å². The molecule has 1 aliphatic heterocycles. The minimum atomic E-state index is -0.426. The Morgan fingerprint density at radius 1 is 1.07 bits per heavy atom. The van der Waals surface area contributed by atoms with Crippen LogP contribution in [0, 0.1) is 17.7 Å². The minimum absolute atomic E-state index is 0.228. The van der Waals surface area contributed by atoms with Gasteiger partial charge in [0, 0.05) is 5.56 Å². The number of amides is 2. The summed E-state index contributed by atoms with van der Waals surface area (Å²) in [5.74, 6) is -1.62. The maximum Gasteiger partial charge on any atom is 0.238 e. The quantitative estimate of drug-likeness (QED) is 0.439. The molecule has 0 aromatic heterocycles. The predicted molar refractivity (Wildman–Crippen MR) is 105 cm³/mol. The summed E-state index contributed by atoms with van der Waals surface area (Å²) in [4.78, 5) is 39.4. The van der Waals surface area contributed by atoms with E-state index in [1.54, 1.807) is 24.3 Å². The third-order valence-electron chi connectivity index (χ3n) is 5.45. The van der Waals surface area contributed by atoms with E-state index in [4.69, 9.17) is 4.74 Å². The molecule has 1 aliphatic carbocycles. The summed E-state index contributed by atoms with van der Waals surface area (Å²) < 4.78 is 18.7. The maximum atomic E-state index is 13.0. The Hall–Kier alpha value is -3.28. The summed E-state index contributed by atoms with van der Waals surface area (Å²) in [6.45, 7) is 1.68. The van der Waals surface area contributed by atoms with E-state index in [9.17, 15) is 18.8 Å². The van der Waals surface area contributed by atoms with E-state index in [1.165, 1.54) is 29.2 Å². The normalized spacial score (nSPS) is 21.0. The number of para-hydroxylation sites is 2. The topological polar surface area (TPSA) is 63.7 Å². The van der Waals surface area contributed by atoms with Crippen LogP contribution in [0.3, 0.4) is 0 Å². The number of rotatable bonds is 5. The number of hydrogen-bond donors (Lipinski definition) is 0. The lowest BCUT2D eigenvalue weighted by Crippen LogP contribution is -2.31. The highest BCUT2D eigenvalue weighted by Gasteiger charge is 2.49. The van der Waals surface area contributed by atoms with Gasteiger partial charge in [-0.05, 0) is 56.2 Å². The van der Waals surface area contributed by atoms with Crippen LogP contribution in [0.2, 0.25) is 0 Å². The van der Waals surface area contributed by atoms with Gasteiger partial charge in [-0.2, -0.15) is 0 Å². The smallest absolute Gasteiger partial charge is 0.238 e. The van der Waals surface area contributed by atoms with E-state index < -0.39 is 5.82 Å². The lowest BCUT2D eigenvalue weighted by Gasteiger charge is -2.19. The molecule has 2 atom stereocenters. The van der Waals surface area contributed by atoms with Crippen LogP contribution < -0.4 is 9.64 Å². The van der Waals surface area contributed by atoms with Crippen LogP contribution in [0.5, 0.6) is 5.75 Å². The average molecular weight is 393 g/mol. The number of ketones is 1. The summed E-state index contributed by atoms with van der Waals surface area (Å²) in [6, 6.07) is 11.9. The molecule has 1 heterocycles. The highest BCUT2D eigenvalue weighted by atomic mass is 19.1. The Morgan fingerprint density at radius 2 is 1.76 bits per heavy atom. The van der Waals surface area contributed by atoms with Gasteiger partial charge in [0.2, 0.25) is 11.8 Å². The largest absolute Gasteiger partial charge is 0.483 e. The van der Waals surface area contributed by atoms with Gasteiger partial charge in [0.05, 0.1) is 17.5 Å². The lowest BCUT2D eigenvalue weighted by atomic mass is 9.82. The van der Waals surface area contributed by atoms with Crippen molar-refractivity contribution >= 4 is 23.3 Å². The molecule has 29 heavy (non-hydrogen) atoms. The molecular weight excluding hydrogens is 373 g/mol. The fourth-order valence-corrected chi connectivity index (χ4v) is 3.90. The average Bonchev–Trinajstić information content (AvgIpc) is 2.96. The lowest BCUT2D eigenvalue weighted by molar-refractivity contribution is -0.122. The van der Waals surface area contributed by atoms with E-state index in [2.05, 4.69) is 0 Å². The summed E-state index contributed by atoms with van der Waals surface area (Å²) >= 11 is 0. The maximum absolute atomic E-state index is 13.0. The molecule has 0 N–H and O–H groups in total. The SMILES string of the molecule is CC1=CC[C@H]2C(=O)N(c3ccccc3OCC(=O)c3ccc(F)cc3)C(=O)[C@@H]2C1. The highest BCUT2D eigenvalue weighted by Crippen LogP contribution is 2.42. The Kier molecular flexibility index (Phi) is 5.01. The number of ether oxygens (including phenoxy) is 1. The number of benzene rings is 2. The number of nitrogens with zero attached hydrogens (tertiary/aromatic N) is 1. The van der Waals surface area contributed by atoms with Crippen LogP contribution in [-0.4, -0.2) is 24.2 Å². The Morgan fingerprint density at radius 3 is 2.52 bits per heavy atom. The van der Waals surface area contributed by atoms with Gasteiger partial charge in [-0.1, -0.05) is 23.8 Å². The fraction of sp³-hybridized carbons (Fsp3) is 0.261. The molecule has 148 valence electrons. The number of fused-ring (bicyclic) bond motifs is 1. The predicted octanol–water partition coefficient (Wildman–Crippen LogP) is 3.93. The van der Waals surface area contributed by atoms with Crippen LogP contribution in [0.15, 0.2) is 60.2 Å². The van der Waals surface area contributed by atoms with Crippen LogP contribution in [0.1, 0.15) is 30.1 Å². The zero-order valence-electron chi connectivity index (χ0n) is 15.9. The van der Waals surface area contributed by atoms with Gasteiger partial charge in [0.15, 0.2) is 12.4 Å². The standard InChI is InChI=1S/C23H20FNO4/c1-14-6-11-17-18(12-14)23(28)25(22(17)27)19-4-2-3-5-21(19)29-13-20(26)15-7-9-16(24)10-8-15/h2-10,17-18H,11-13H2,1H3/t17-,18-/m1/s1. The van der Waals surface area contributed by atoms with Gasteiger partial charge in [-0.3, -0.25) is 14.4 Å².